The quantitative estimate of drug-likeness (QED) is 0.513. The van der Waals surface area contributed by atoms with E-state index in [0.29, 0.717) is 12.3 Å². The highest BCUT2D eigenvalue weighted by Gasteiger charge is 2.44. The predicted molar refractivity (Wildman–Crippen MR) is 113 cm³/mol. The maximum absolute atomic E-state index is 13.1. The number of benzene rings is 1. The Morgan fingerprint density at radius 1 is 1.17 bits per heavy atom. The van der Waals surface area contributed by atoms with E-state index in [1.165, 1.54) is 6.42 Å². The fraction of sp³-hybridized carbons (Fsp3) is 0.609. The molecule has 1 atom stereocenters. The molecule has 1 aliphatic rings. The van der Waals surface area contributed by atoms with E-state index in [-0.39, 0.29) is 12.1 Å². The lowest BCUT2D eigenvalue weighted by Gasteiger charge is -2.36. The zero-order chi connectivity index (χ0) is 21.5. The molecule has 0 radical (unpaired) electrons. The van der Waals surface area contributed by atoms with Crippen LogP contribution in [0.2, 0.25) is 0 Å². The summed E-state index contributed by atoms with van der Waals surface area (Å²) in [5, 5.41) is 2.82. The van der Waals surface area contributed by atoms with Crippen molar-refractivity contribution >= 4 is 11.8 Å². The number of carbonyl (C=O) groups excluding carboxylic acids is 2. The molecule has 6 nitrogen and oxygen atoms in total. The average Bonchev–Trinajstić information content (AvgIpc) is 2.69. The van der Waals surface area contributed by atoms with Crippen molar-refractivity contribution in [1.29, 1.82) is 0 Å². The maximum atomic E-state index is 13.1. The fourth-order valence-electron chi connectivity index (χ4n) is 3.73. The molecule has 3 N–H and O–H groups in total. The standard InChI is InChI=1S/C23H34N2O4/c1-22(2,3)29-23(24,19(16-26)14-17-8-6-5-7-9-17)21(27)25-15-18-10-12-20(28-4)13-11-18/h10-13,17H,5-9,14-15,24H2,1-4H3,(H,25,27)/t23-/m0/s1. The van der Waals surface area contributed by atoms with Crippen LogP contribution in [0.4, 0.5) is 0 Å². The summed E-state index contributed by atoms with van der Waals surface area (Å²) in [4.78, 5) is 24.9. The molecule has 0 saturated heterocycles. The number of amides is 1. The van der Waals surface area contributed by atoms with E-state index < -0.39 is 17.2 Å². The van der Waals surface area contributed by atoms with Crippen molar-refractivity contribution in [3.8, 4) is 5.75 Å². The summed E-state index contributed by atoms with van der Waals surface area (Å²) in [6.07, 6.45) is 5.99. The van der Waals surface area contributed by atoms with E-state index in [1.807, 2.05) is 51.0 Å². The van der Waals surface area contributed by atoms with E-state index in [4.69, 9.17) is 15.2 Å². The van der Waals surface area contributed by atoms with Gasteiger partial charge in [-0.1, -0.05) is 44.2 Å². The first-order chi connectivity index (χ1) is 13.7. The lowest BCUT2D eigenvalue weighted by molar-refractivity contribution is -0.158. The number of carbonyl (C=O) groups is 1. The van der Waals surface area contributed by atoms with Crippen LogP contribution in [0, 0.1) is 5.92 Å². The minimum Gasteiger partial charge on any atom is -0.497 e. The smallest absolute Gasteiger partial charge is 0.272 e. The molecule has 0 aliphatic heterocycles. The summed E-state index contributed by atoms with van der Waals surface area (Å²) in [7, 11) is 1.60. The van der Waals surface area contributed by atoms with Gasteiger partial charge < -0.3 is 14.8 Å². The monoisotopic (exact) mass is 402 g/mol. The Labute approximate surface area is 173 Å². The summed E-state index contributed by atoms with van der Waals surface area (Å²) in [5.41, 5.74) is 4.98. The number of methoxy groups -OCH3 is 1. The lowest BCUT2D eigenvalue weighted by Crippen LogP contribution is -2.60. The second-order valence-corrected chi connectivity index (χ2v) is 8.77. The van der Waals surface area contributed by atoms with Gasteiger partial charge in [0.15, 0.2) is 0 Å². The topological polar surface area (TPSA) is 90.7 Å². The molecule has 1 aliphatic carbocycles. The van der Waals surface area contributed by atoms with Crippen molar-refractivity contribution in [2.75, 3.05) is 7.11 Å². The molecule has 29 heavy (non-hydrogen) atoms. The second-order valence-electron chi connectivity index (χ2n) is 8.77. The van der Waals surface area contributed by atoms with Gasteiger partial charge in [-0.3, -0.25) is 10.5 Å². The third-order valence-electron chi connectivity index (χ3n) is 5.21. The molecule has 0 bridgehead atoms. The van der Waals surface area contributed by atoms with Crippen LogP contribution in [0.15, 0.2) is 29.8 Å². The molecule has 0 heterocycles. The Balaban J connectivity index is 2.16. The molecule has 160 valence electrons. The number of nitrogens with one attached hydrogen (secondary N) is 1. The first-order valence-electron chi connectivity index (χ1n) is 10.3. The van der Waals surface area contributed by atoms with Gasteiger partial charge in [0.25, 0.3) is 5.91 Å². The molecular weight excluding hydrogens is 368 g/mol. The molecule has 1 aromatic rings. The number of rotatable bonds is 8. The number of nitrogens with two attached hydrogens (primary N) is 1. The van der Waals surface area contributed by atoms with E-state index in [2.05, 4.69) is 5.32 Å². The van der Waals surface area contributed by atoms with Gasteiger partial charge in [-0.15, -0.1) is 0 Å². The number of ether oxygens (including phenoxy) is 2. The average molecular weight is 403 g/mol. The van der Waals surface area contributed by atoms with Crippen molar-refractivity contribution in [3.63, 3.8) is 0 Å². The Morgan fingerprint density at radius 3 is 2.31 bits per heavy atom. The SMILES string of the molecule is COc1ccc(CNC(=O)[C@@](N)(OC(C)(C)C)C(=C=O)CC2CCCCC2)cc1. The van der Waals surface area contributed by atoms with Crippen molar-refractivity contribution in [3.05, 3.63) is 35.4 Å². The maximum Gasteiger partial charge on any atom is 0.272 e. The first-order valence-corrected chi connectivity index (χ1v) is 10.3. The summed E-state index contributed by atoms with van der Waals surface area (Å²) in [6, 6.07) is 7.37. The van der Waals surface area contributed by atoms with Crippen LogP contribution in [0.25, 0.3) is 0 Å². The van der Waals surface area contributed by atoms with Gasteiger partial charge in [0.1, 0.15) is 11.7 Å². The second kappa shape index (κ2) is 10.1. The van der Waals surface area contributed by atoms with Gasteiger partial charge in [0.05, 0.1) is 18.3 Å². The minimum absolute atomic E-state index is 0.187. The van der Waals surface area contributed by atoms with Crippen molar-refractivity contribution in [1.82, 2.24) is 5.32 Å². The molecule has 0 spiro atoms. The van der Waals surface area contributed by atoms with Crippen LogP contribution >= 0.6 is 0 Å². The summed E-state index contributed by atoms with van der Waals surface area (Å²) >= 11 is 0. The number of hydrogen-bond acceptors (Lipinski definition) is 5. The van der Waals surface area contributed by atoms with Gasteiger partial charge in [-0.25, -0.2) is 4.79 Å². The van der Waals surface area contributed by atoms with Crippen LogP contribution in [0.1, 0.15) is 64.9 Å². The van der Waals surface area contributed by atoms with Crippen LogP contribution < -0.4 is 15.8 Å². The highest BCUT2D eigenvalue weighted by molar-refractivity contribution is 5.90. The van der Waals surface area contributed by atoms with E-state index >= 15 is 0 Å². The van der Waals surface area contributed by atoms with Gasteiger partial charge in [-0.05, 0) is 50.8 Å². The first kappa shape index (κ1) is 23.1. The zero-order valence-electron chi connectivity index (χ0n) is 18.0. The van der Waals surface area contributed by atoms with Crippen LogP contribution in [-0.2, 0) is 20.9 Å². The Bertz CT molecular complexity index is 726. The minimum atomic E-state index is -1.84. The molecule has 0 unspecified atom stereocenters. The zero-order valence-corrected chi connectivity index (χ0v) is 18.0. The van der Waals surface area contributed by atoms with E-state index in [1.54, 1.807) is 7.11 Å². The van der Waals surface area contributed by atoms with Crippen LogP contribution in [-0.4, -0.2) is 30.3 Å². The van der Waals surface area contributed by atoms with Crippen LogP contribution in [0.5, 0.6) is 5.75 Å². The van der Waals surface area contributed by atoms with Gasteiger partial charge in [-0.2, -0.15) is 0 Å². The molecule has 6 heteroatoms. The van der Waals surface area contributed by atoms with E-state index in [0.717, 1.165) is 37.0 Å². The molecule has 1 saturated carbocycles. The Morgan fingerprint density at radius 2 is 1.79 bits per heavy atom. The van der Waals surface area contributed by atoms with Crippen molar-refractivity contribution < 1.29 is 19.1 Å². The highest BCUT2D eigenvalue weighted by atomic mass is 16.5. The molecule has 1 fully saturated rings. The summed E-state index contributed by atoms with van der Waals surface area (Å²) in [5.74, 6) is 2.49. The largest absolute Gasteiger partial charge is 0.497 e. The predicted octanol–water partition coefficient (Wildman–Crippen LogP) is 3.51. The normalized spacial score (nSPS) is 17.1. The van der Waals surface area contributed by atoms with Crippen LogP contribution in [0.3, 0.4) is 0 Å². The molecule has 1 amide bonds. The molecular formula is C23H34N2O4. The van der Waals surface area contributed by atoms with Gasteiger partial charge >= 0.3 is 0 Å². The van der Waals surface area contributed by atoms with E-state index in [9.17, 15) is 9.59 Å². The molecule has 2 rings (SSSR count). The van der Waals surface area contributed by atoms with Crippen molar-refractivity contribution in [2.45, 2.75) is 77.2 Å². The molecule has 1 aromatic carbocycles. The Kier molecular flexibility index (Phi) is 8.03. The Hall–Kier alpha value is -2.14. The van der Waals surface area contributed by atoms with Gasteiger partial charge in [0, 0.05) is 6.54 Å². The van der Waals surface area contributed by atoms with Crippen molar-refractivity contribution in [2.24, 2.45) is 11.7 Å². The van der Waals surface area contributed by atoms with Gasteiger partial charge in [0.2, 0.25) is 5.72 Å². The third kappa shape index (κ3) is 6.70. The lowest BCUT2D eigenvalue weighted by atomic mass is 9.82. The third-order valence-corrected chi connectivity index (χ3v) is 5.21. The fourth-order valence-corrected chi connectivity index (χ4v) is 3.73. The molecule has 0 aromatic heterocycles. The number of hydrogen-bond donors (Lipinski definition) is 2. The summed E-state index contributed by atoms with van der Waals surface area (Å²) < 4.78 is 11.1. The summed E-state index contributed by atoms with van der Waals surface area (Å²) in [6.45, 7) is 5.71. The highest BCUT2D eigenvalue weighted by Crippen LogP contribution is 2.33.